The second kappa shape index (κ2) is 9.91. The van der Waals surface area contributed by atoms with Gasteiger partial charge in [-0.2, -0.15) is 5.10 Å². The second-order valence-electron chi connectivity index (χ2n) is 6.47. The number of nitrogens with zero attached hydrogens (tertiary/aromatic N) is 4. The Morgan fingerprint density at radius 2 is 2.27 bits per heavy atom. The van der Waals surface area contributed by atoms with Gasteiger partial charge in [0.25, 0.3) is 0 Å². The molecule has 1 aliphatic rings. The molecule has 26 heavy (non-hydrogen) atoms. The maximum atomic E-state index is 5.91. The van der Waals surface area contributed by atoms with Crippen LogP contribution in [-0.2, 0) is 18.2 Å². The monoisotopic (exact) mass is 469 g/mol. The number of nitrogens with one attached hydrogen (secondary N) is 1. The lowest BCUT2D eigenvalue weighted by molar-refractivity contribution is -0.00800. The molecule has 0 amide bonds. The zero-order valence-corrected chi connectivity index (χ0v) is 18.0. The predicted octanol–water partition coefficient (Wildman–Crippen LogP) is 2.54. The molecule has 2 aromatic rings. The van der Waals surface area contributed by atoms with Crippen LogP contribution >= 0.6 is 24.0 Å². The summed E-state index contributed by atoms with van der Waals surface area (Å²) in [5.41, 5.74) is 3.76. The number of rotatable bonds is 4. The normalized spacial score (nSPS) is 17.7. The highest BCUT2D eigenvalue weighted by atomic mass is 127. The van der Waals surface area contributed by atoms with E-state index in [1.165, 1.54) is 11.1 Å². The molecular weight excluding hydrogens is 441 g/mol. The van der Waals surface area contributed by atoms with E-state index in [0.717, 1.165) is 37.6 Å². The van der Waals surface area contributed by atoms with Gasteiger partial charge in [0.05, 0.1) is 19.3 Å². The van der Waals surface area contributed by atoms with Crippen molar-refractivity contribution in [2.24, 2.45) is 12.0 Å². The largest absolute Gasteiger partial charge is 0.370 e. The zero-order valence-electron chi connectivity index (χ0n) is 15.7. The second-order valence-corrected chi connectivity index (χ2v) is 6.47. The molecule has 6 nitrogen and oxygen atoms in total. The first-order chi connectivity index (χ1) is 12.2. The van der Waals surface area contributed by atoms with Crippen molar-refractivity contribution >= 4 is 29.9 Å². The Hall–Kier alpha value is -1.61. The van der Waals surface area contributed by atoms with Gasteiger partial charge in [-0.15, -0.1) is 24.0 Å². The fourth-order valence-corrected chi connectivity index (χ4v) is 3.17. The summed E-state index contributed by atoms with van der Waals surface area (Å²) in [6.45, 7) is 5.32. The molecule has 7 heteroatoms. The van der Waals surface area contributed by atoms with Crippen LogP contribution in [0.3, 0.4) is 0 Å². The molecule has 0 bridgehead atoms. The fraction of sp³-hybridized carbons (Fsp3) is 0.474. The van der Waals surface area contributed by atoms with Crippen LogP contribution < -0.4 is 5.32 Å². The van der Waals surface area contributed by atoms with E-state index in [1.807, 2.05) is 31.2 Å². The molecule has 1 unspecified atom stereocenters. The van der Waals surface area contributed by atoms with E-state index in [4.69, 9.17) is 4.74 Å². The van der Waals surface area contributed by atoms with Crippen molar-refractivity contribution in [3.8, 4) is 0 Å². The molecule has 142 valence electrons. The Morgan fingerprint density at radius 3 is 2.96 bits per heavy atom. The molecule has 0 saturated carbocycles. The van der Waals surface area contributed by atoms with E-state index in [-0.39, 0.29) is 30.1 Å². The molecule has 3 rings (SSSR count). The summed E-state index contributed by atoms with van der Waals surface area (Å²) >= 11 is 0. The van der Waals surface area contributed by atoms with Gasteiger partial charge >= 0.3 is 0 Å². The minimum atomic E-state index is 0. The quantitative estimate of drug-likeness (QED) is 0.425. The SMILES string of the molecule is CN=C(NCCc1cccc(C)c1)N1CCOC(c2cnn(C)c2)C1.I. The standard InChI is InChI=1S/C19H27N5O.HI/c1-15-5-4-6-16(11-15)7-8-21-19(20-2)24-9-10-25-18(14-24)17-12-22-23(3)13-17;/h4-6,11-13,18H,7-10,14H2,1-3H3,(H,20,21);1H. The summed E-state index contributed by atoms with van der Waals surface area (Å²) in [6.07, 6.45) is 4.92. The molecule has 1 aromatic heterocycles. The van der Waals surface area contributed by atoms with Crippen LogP contribution in [0.15, 0.2) is 41.7 Å². The number of aromatic nitrogens is 2. The number of aliphatic imine (C=N–C) groups is 1. The van der Waals surface area contributed by atoms with Crippen LogP contribution in [0.4, 0.5) is 0 Å². The van der Waals surface area contributed by atoms with Crippen LogP contribution in [-0.4, -0.2) is 53.9 Å². The van der Waals surface area contributed by atoms with Crippen LogP contribution in [0.2, 0.25) is 0 Å². The first kappa shape index (κ1) is 20.7. The van der Waals surface area contributed by atoms with Gasteiger partial charge in [0, 0.05) is 38.9 Å². The molecule has 1 fully saturated rings. The van der Waals surface area contributed by atoms with Crippen molar-refractivity contribution in [3.63, 3.8) is 0 Å². The van der Waals surface area contributed by atoms with Crippen molar-refractivity contribution in [2.45, 2.75) is 19.4 Å². The summed E-state index contributed by atoms with van der Waals surface area (Å²) in [6, 6.07) is 8.64. The molecule has 0 aliphatic carbocycles. The number of guanidine groups is 1. The summed E-state index contributed by atoms with van der Waals surface area (Å²) in [4.78, 5) is 6.71. The van der Waals surface area contributed by atoms with Gasteiger partial charge in [0.15, 0.2) is 5.96 Å². The first-order valence-electron chi connectivity index (χ1n) is 8.77. The molecule has 0 spiro atoms. The molecule has 2 heterocycles. The molecule has 1 aromatic carbocycles. The Kier molecular flexibility index (Phi) is 7.89. The molecular formula is C19H28IN5O. The van der Waals surface area contributed by atoms with E-state index in [9.17, 15) is 0 Å². The Balaban J connectivity index is 0.00000243. The summed E-state index contributed by atoms with van der Waals surface area (Å²) in [7, 11) is 3.76. The number of aryl methyl sites for hydroxylation is 2. The smallest absolute Gasteiger partial charge is 0.193 e. The van der Waals surface area contributed by atoms with Crippen LogP contribution in [0.1, 0.15) is 22.8 Å². The molecule has 1 aliphatic heterocycles. The fourth-order valence-electron chi connectivity index (χ4n) is 3.17. The minimum absolute atomic E-state index is 0. The van der Waals surface area contributed by atoms with Crippen molar-refractivity contribution < 1.29 is 4.74 Å². The van der Waals surface area contributed by atoms with Gasteiger partial charge < -0.3 is 15.0 Å². The van der Waals surface area contributed by atoms with Gasteiger partial charge in [0.1, 0.15) is 6.10 Å². The lowest BCUT2D eigenvalue weighted by atomic mass is 10.1. The summed E-state index contributed by atoms with van der Waals surface area (Å²) < 4.78 is 7.72. The van der Waals surface area contributed by atoms with Gasteiger partial charge in [0.2, 0.25) is 0 Å². The van der Waals surface area contributed by atoms with Crippen LogP contribution in [0, 0.1) is 6.92 Å². The number of halogens is 1. The zero-order chi connectivity index (χ0) is 17.6. The first-order valence-corrected chi connectivity index (χ1v) is 8.77. The number of hydrogen-bond donors (Lipinski definition) is 1. The molecule has 0 radical (unpaired) electrons. The van der Waals surface area contributed by atoms with Crippen LogP contribution in [0.25, 0.3) is 0 Å². The number of morpholine rings is 1. The van der Waals surface area contributed by atoms with Crippen molar-refractivity contribution in [1.82, 2.24) is 20.0 Å². The number of benzene rings is 1. The number of hydrogen-bond acceptors (Lipinski definition) is 3. The van der Waals surface area contributed by atoms with Crippen molar-refractivity contribution in [3.05, 3.63) is 53.3 Å². The van der Waals surface area contributed by atoms with Gasteiger partial charge in [-0.25, -0.2) is 0 Å². The van der Waals surface area contributed by atoms with E-state index in [1.54, 1.807) is 0 Å². The summed E-state index contributed by atoms with van der Waals surface area (Å²) in [5, 5.41) is 7.73. The maximum Gasteiger partial charge on any atom is 0.193 e. The van der Waals surface area contributed by atoms with Gasteiger partial charge in [-0.1, -0.05) is 29.8 Å². The third-order valence-corrected chi connectivity index (χ3v) is 4.45. The summed E-state index contributed by atoms with van der Waals surface area (Å²) in [5.74, 6) is 0.935. The van der Waals surface area contributed by atoms with Crippen LogP contribution in [0.5, 0.6) is 0 Å². The average molecular weight is 469 g/mol. The van der Waals surface area contributed by atoms with E-state index in [2.05, 4.69) is 51.5 Å². The molecule has 1 saturated heterocycles. The van der Waals surface area contributed by atoms with Gasteiger partial charge in [-0.3, -0.25) is 9.67 Å². The Morgan fingerprint density at radius 1 is 1.42 bits per heavy atom. The molecule has 1 N–H and O–H groups in total. The third kappa shape index (κ3) is 5.44. The van der Waals surface area contributed by atoms with Crippen molar-refractivity contribution in [2.75, 3.05) is 33.3 Å². The lowest BCUT2D eigenvalue weighted by Crippen LogP contribution is -2.48. The average Bonchev–Trinajstić information content (AvgIpc) is 3.05. The Bertz CT molecular complexity index is 730. The predicted molar refractivity (Wildman–Crippen MR) is 115 cm³/mol. The van der Waals surface area contributed by atoms with E-state index in [0.29, 0.717) is 6.61 Å². The highest BCUT2D eigenvalue weighted by molar-refractivity contribution is 14.0. The van der Waals surface area contributed by atoms with E-state index >= 15 is 0 Å². The van der Waals surface area contributed by atoms with E-state index < -0.39 is 0 Å². The maximum absolute atomic E-state index is 5.91. The minimum Gasteiger partial charge on any atom is -0.370 e. The van der Waals surface area contributed by atoms with Crippen molar-refractivity contribution in [1.29, 1.82) is 0 Å². The third-order valence-electron chi connectivity index (χ3n) is 4.45. The number of ether oxygens (including phenoxy) is 1. The van der Waals surface area contributed by atoms with Gasteiger partial charge in [-0.05, 0) is 18.9 Å². The topological polar surface area (TPSA) is 54.7 Å². The highest BCUT2D eigenvalue weighted by Crippen LogP contribution is 2.21. The Labute approximate surface area is 172 Å². The molecule has 1 atom stereocenters. The lowest BCUT2D eigenvalue weighted by Gasteiger charge is -2.34. The highest BCUT2D eigenvalue weighted by Gasteiger charge is 2.24.